The zero-order chi connectivity index (χ0) is 17.9. The minimum absolute atomic E-state index is 0.0465. The molecule has 0 aromatic heterocycles. The van der Waals surface area contributed by atoms with E-state index in [4.69, 9.17) is 4.74 Å². The van der Waals surface area contributed by atoms with Gasteiger partial charge >= 0.3 is 0 Å². The quantitative estimate of drug-likeness (QED) is 0.844. The highest BCUT2D eigenvalue weighted by molar-refractivity contribution is 5.82. The Morgan fingerprint density at radius 2 is 1.88 bits per heavy atom. The molecule has 2 N–H and O–H groups in total. The van der Waals surface area contributed by atoms with Crippen LogP contribution in [0, 0.1) is 11.6 Å². The van der Waals surface area contributed by atoms with Crippen LogP contribution in [0.3, 0.4) is 0 Å². The number of aliphatic hydroxyl groups is 1. The third-order valence-corrected chi connectivity index (χ3v) is 4.36. The fourth-order valence-electron chi connectivity index (χ4n) is 2.69. The normalized spacial score (nSPS) is 16.6. The minimum Gasteiger partial charge on any atom is -0.476 e. The van der Waals surface area contributed by atoms with Crippen molar-refractivity contribution in [1.82, 2.24) is 5.32 Å². The van der Waals surface area contributed by atoms with Crippen molar-refractivity contribution in [3.05, 3.63) is 65.7 Å². The Morgan fingerprint density at radius 1 is 1.16 bits per heavy atom. The number of benzene rings is 2. The highest BCUT2D eigenvalue weighted by Crippen LogP contribution is 2.31. The molecule has 1 unspecified atom stereocenters. The van der Waals surface area contributed by atoms with Crippen LogP contribution in [0.1, 0.15) is 30.9 Å². The van der Waals surface area contributed by atoms with Crippen LogP contribution in [0.5, 0.6) is 5.75 Å². The first-order valence-electron chi connectivity index (χ1n) is 8.14. The first kappa shape index (κ1) is 17.4. The van der Waals surface area contributed by atoms with Crippen LogP contribution in [0.15, 0.2) is 48.5 Å². The van der Waals surface area contributed by atoms with Crippen LogP contribution in [0.2, 0.25) is 0 Å². The van der Waals surface area contributed by atoms with Crippen LogP contribution in [-0.4, -0.2) is 23.2 Å². The van der Waals surface area contributed by atoms with Gasteiger partial charge in [0.25, 0.3) is 5.91 Å². The summed E-state index contributed by atoms with van der Waals surface area (Å²) in [5.74, 6) is -2.43. The summed E-state index contributed by atoms with van der Waals surface area (Å²) < 4.78 is 32.1. The number of rotatable bonds is 6. The number of halogens is 2. The lowest BCUT2D eigenvalue weighted by molar-refractivity contribution is -0.130. The van der Waals surface area contributed by atoms with E-state index in [1.807, 2.05) is 0 Å². The molecule has 1 atom stereocenters. The van der Waals surface area contributed by atoms with Crippen molar-refractivity contribution < 1.29 is 23.4 Å². The summed E-state index contributed by atoms with van der Waals surface area (Å²) in [6.07, 6.45) is 1.19. The molecular weight excluding hydrogens is 328 g/mol. The highest BCUT2D eigenvalue weighted by atomic mass is 19.2. The molecular formula is C19H19F2NO3. The smallest absolute Gasteiger partial charge is 0.265 e. The topological polar surface area (TPSA) is 58.6 Å². The van der Waals surface area contributed by atoms with Gasteiger partial charge in [-0.1, -0.05) is 30.3 Å². The maximum absolute atomic E-state index is 13.4. The summed E-state index contributed by atoms with van der Waals surface area (Å²) in [4.78, 5) is 12.6. The van der Waals surface area contributed by atoms with Gasteiger partial charge < -0.3 is 15.2 Å². The van der Waals surface area contributed by atoms with E-state index in [-0.39, 0.29) is 12.3 Å². The van der Waals surface area contributed by atoms with Crippen molar-refractivity contribution in [3.63, 3.8) is 0 Å². The monoisotopic (exact) mass is 347 g/mol. The highest BCUT2D eigenvalue weighted by Gasteiger charge is 2.35. The average Bonchev–Trinajstić information content (AvgIpc) is 2.59. The van der Waals surface area contributed by atoms with Crippen molar-refractivity contribution in [2.75, 3.05) is 6.54 Å². The summed E-state index contributed by atoms with van der Waals surface area (Å²) in [6, 6.07) is 11.8. The van der Waals surface area contributed by atoms with Crippen LogP contribution in [0.25, 0.3) is 0 Å². The number of carbonyl (C=O) groups is 1. The first-order valence-corrected chi connectivity index (χ1v) is 8.14. The zero-order valence-corrected chi connectivity index (χ0v) is 13.5. The third-order valence-electron chi connectivity index (χ3n) is 4.36. The van der Waals surface area contributed by atoms with E-state index in [0.717, 1.165) is 18.6 Å². The lowest BCUT2D eigenvalue weighted by atomic mass is 9.80. The molecule has 0 saturated heterocycles. The van der Waals surface area contributed by atoms with E-state index in [9.17, 15) is 18.7 Å². The molecule has 0 aliphatic heterocycles. The van der Waals surface area contributed by atoms with Crippen LogP contribution >= 0.6 is 0 Å². The molecule has 2 aromatic carbocycles. The van der Waals surface area contributed by atoms with E-state index >= 15 is 0 Å². The van der Waals surface area contributed by atoms with Gasteiger partial charge in [-0.05, 0) is 31.4 Å². The lowest BCUT2D eigenvalue weighted by Gasteiger charge is -2.36. The second-order valence-corrected chi connectivity index (χ2v) is 6.28. The van der Waals surface area contributed by atoms with Gasteiger partial charge in [-0.2, -0.15) is 0 Å². The summed E-state index contributed by atoms with van der Waals surface area (Å²) in [5.41, 5.74) is -0.288. The number of ether oxygens (including phenoxy) is 1. The van der Waals surface area contributed by atoms with Gasteiger partial charge in [-0.25, -0.2) is 8.78 Å². The number of amides is 1. The van der Waals surface area contributed by atoms with E-state index in [2.05, 4.69) is 5.32 Å². The largest absolute Gasteiger partial charge is 0.476 e. The fraction of sp³-hybridized carbons (Fsp3) is 0.316. The number of nitrogens with one attached hydrogen (secondary N) is 1. The zero-order valence-electron chi connectivity index (χ0n) is 13.5. The molecule has 1 amide bonds. The van der Waals surface area contributed by atoms with Crippen molar-refractivity contribution in [3.8, 4) is 5.75 Å². The second-order valence-electron chi connectivity index (χ2n) is 6.28. The molecule has 1 fully saturated rings. The van der Waals surface area contributed by atoms with Crippen molar-refractivity contribution in [2.45, 2.75) is 31.0 Å². The number of hydrogen-bond acceptors (Lipinski definition) is 3. The maximum Gasteiger partial charge on any atom is 0.265 e. The van der Waals surface area contributed by atoms with E-state index in [1.54, 1.807) is 30.3 Å². The van der Waals surface area contributed by atoms with E-state index in [1.165, 1.54) is 6.07 Å². The van der Waals surface area contributed by atoms with E-state index in [0.29, 0.717) is 18.4 Å². The predicted molar refractivity (Wildman–Crippen MR) is 88.0 cm³/mol. The summed E-state index contributed by atoms with van der Waals surface area (Å²) in [5, 5.41) is 12.8. The SMILES string of the molecule is O=C(NCC1(O)CCC1)C(Oc1ccc(F)c(F)c1)c1ccccc1. The molecule has 1 saturated carbocycles. The van der Waals surface area contributed by atoms with Gasteiger partial charge in [0.15, 0.2) is 11.6 Å². The van der Waals surface area contributed by atoms with Gasteiger partial charge in [0.2, 0.25) is 6.10 Å². The molecule has 2 aromatic rings. The third kappa shape index (κ3) is 4.14. The molecule has 1 aliphatic rings. The Labute approximate surface area is 144 Å². The fourth-order valence-corrected chi connectivity index (χ4v) is 2.69. The predicted octanol–water partition coefficient (Wildman–Crippen LogP) is 3.12. The Balaban J connectivity index is 1.77. The Kier molecular flexibility index (Phi) is 4.99. The minimum atomic E-state index is -1.05. The average molecular weight is 347 g/mol. The molecule has 0 bridgehead atoms. The van der Waals surface area contributed by atoms with Crippen LogP contribution in [0.4, 0.5) is 8.78 Å². The first-order chi connectivity index (χ1) is 12.0. The van der Waals surface area contributed by atoms with Gasteiger partial charge in [-0.3, -0.25) is 4.79 Å². The maximum atomic E-state index is 13.4. The molecule has 4 nitrogen and oxygen atoms in total. The second kappa shape index (κ2) is 7.19. The summed E-state index contributed by atoms with van der Waals surface area (Å²) in [7, 11) is 0. The standard InChI is InChI=1S/C19H19F2NO3/c20-15-8-7-14(11-16(15)21)25-17(13-5-2-1-3-6-13)18(23)22-12-19(24)9-4-10-19/h1-3,5-8,11,17,24H,4,9-10,12H2,(H,22,23). The van der Waals surface area contributed by atoms with Crippen LogP contribution in [-0.2, 0) is 4.79 Å². The molecule has 132 valence electrons. The van der Waals surface area contributed by atoms with Crippen molar-refractivity contribution >= 4 is 5.91 Å². The Bertz CT molecular complexity index is 748. The van der Waals surface area contributed by atoms with Gasteiger partial charge in [-0.15, -0.1) is 0 Å². The van der Waals surface area contributed by atoms with Gasteiger partial charge in [0, 0.05) is 18.2 Å². The molecule has 1 aliphatic carbocycles. The van der Waals surface area contributed by atoms with Crippen LogP contribution < -0.4 is 10.1 Å². The van der Waals surface area contributed by atoms with Crippen molar-refractivity contribution in [1.29, 1.82) is 0 Å². The van der Waals surface area contributed by atoms with Crippen molar-refractivity contribution in [2.24, 2.45) is 0 Å². The number of carbonyl (C=O) groups excluding carboxylic acids is 1. The molecule has 6 heteroatoms. The number of hydrogen-bond donors (Lipinski definition) is 2. The molecule has 25 heavy (non-hydrogen) atoms. The lowest BCUT2D eigenvalue weighted by Crippen LogP contribution is -2.49. The molecule has 0 spiro atoms. The molecule has 0 radical (unpaired) electrons. The Hall–Kier alpha value is -2.47. The van der Waals surface area contributed by atoms with Gasteiger partial charge in [0.05, 0.1) is 5.60 Å². The summed E-state index contributed by atoms with van der Waals surface area (Å²) in [6.45, 7) is 0.135. The van der Waals surface area contributed by atoms with E-state index < -0.39 is 29.2 Å². The summed E-state index contributed by atoms with van der Waals surface area (Å²) >= 11 is 0. The molecule has 3 rings (SSSR count). The Morgan fingerprint density at radius 3 is 2.48 bits per heavy atom. The van der Waals surface area contributed by atoms with Gasteiger partial charge in [0.1, 0.15) is 5.75 Å². The molecule has 0 heterocycles.